The number of carbonyl (C=O) groups is 1. The average Bonchev–Trinajstić information content (AvgIpc) is 2.79. The summed E-state index contributed by atoms with van der Waals surface area (Å²) in [5, 5.41) is 8.72. The highest BCUT2D eigenvalue weighted by Gasteiger charge is 2.36. The molecule has 4 nitrogen and oxygen atoms in total. The summed E-state index contributed by atoms with van der Waals surface area (Å²) in [4.78, 5) is 13.4. The van der Waals surface area contributed by atoms with Gasteiger partial charge in [-0.05, 0) is 24.1 Å². The van der Waals surface area contributed by atoms with Crippen LogP contribution in [0.5, 0.6) is 0 Å². The second kappa shape index (κ2) is 5.27. The number of nitrogens with zero attached hydrogens (tertiary/aromatic N) is 2. The minimum atomic E-state index is -0.434. The number of halogens is 1. The summed E-state index contributed by atoms with van der Waals surface area (Å²) in [5.41, 5.74) is 0.718. The van der Waals surface area contributed by atoms with Crippen molar-refractivity contribution < 1.29 is 13.9 Å². The Balaban J connectivity index is 2.21. The Kier molecular flexibility index (Phi) is 3.70. The number of nitriles is 1. The number of rotatable bonds is 2. The van der Waals surface area contributed by atoms with Crippen LogP contribution in [0.15, 0.2) is 18.2 Å². The fraction of sp³-hybridized carbons (Fsp3) is 0.429. The van der Waals surface area contributed by atoms with E-state index in [1.165, 1.54) is 13.2 Å². The third kappa shape index (κ3) is 2.53. The van der Waals surface area contributed by atoms with Crippen molar-refractivity contribution in [3.8, 4) is 6.07 Å². The largest absolute Gasteiger partial charge is 0.469 e. The maximum absolute atomic E-state index is 13.9. The van der Waals surface area contributed by atoms with Crippen molar-refractivity contribution in [2.24, 2.45) is 11.8 Å². The number of carbonyl (C=O) groups excluding carboxylic acids is 1. The summed E-state index contributed by atoms with van der Waals surface area (Å²) < 4.78 is 18.7. The lowest BCUT2D eigenvalue weighted by atomic mass is 9.99. The standard InChI is InChI=1S/C14H15FN2O2/c1-9-7-17(8-11(9)14(18)19-2)13-4-3-10(6-16)5-12(13)15/h3-5,9,11H,7-8H2,1-2H3. The molecule has 1 aliphatic rings. The van der Waals surface area contributed by atoms with Gasteiger partial charge in [-0.25, -0.2) is 4.39 Å². The minimum absolute atomic E-state index is 0.113. The van der Waals surface area contributed by atoms with Crippen molar-refractivity contribution in [1.29, 1.82) is 5.26 Å². The first-order valence-corrected chi connectivity index (χ1v) is 6.09. The molecule has 5 heteroatoms. The van der Waals surface area contributed by atoms with Gasteiger partial charge < -0.3 is 9.64 Å². The molecule has 1 fully saturated rings. The number of hydrogen-bond acceptors (Lipinski definition) is 4. The van der Waals surface area contributed by atoms with E-state index in [0.717, 1.165) is 0 Å². The first-order chi connectivity index (χ1) is 9.06. The normalized spacial score (nSPS) is 22.1. The van der Waals surface area contributed by atoms with Gasteiger partial charge in [-0.15, -0.1) is 0 Å². The van der Waals surface area contributed by atoms with Crippen molar-refractivity contribution in [1.82, 2.24) is 0 Å². The summed E-state index contributed by atoms with van der Waals surface area (Å²) in [6.45, 7) is 2.99. The fourth-order valence-corrected chi connectivity index (χ4v) is 2.45. The van der Waals surface area contributed by atoms with Gasteiger partial charge in [0.15, 0.2) is 0 Å². The topological polar surface area (TPSA) is 53.3 Å². The summed E-state index contributed by atoms with van der Waals surface area (Å²) in [5.74, 6) is -0.816. The number of esters is 1. The average molecular weight is 262 g/mol. The van der Waals surface area contributed by atoms with E-state index in [9.17, 15) is 9.18 Å². The van der Waals surface area contributed by atoms with E-state index in [0.29, 0.717) is 18.8 Å². The van der Waals surface area contributed by atoms with Gasteiger partial charge in [0, 0.05) is 13.1 Å². The molecule has 2 atom stereocenters. The Labute approximate surface area is 111 Å². The Morgan fingerprint density at radius 1 is 1.53 bits per heavy atom. The molecule has 0 N–H and O–H groups in total. The molecule has 2 unspecified atom stereocenters. The number of hydrogen-bond donors (Lipinski definition) is 0. The van der Waals surface area contributed by atoms with E-state index >= 15 is 0 Å². The van der Waals surface area contributed by atoms with Gasteiger partial charge in [0.05, 0.1) is 30.3 Å². The van der Waals surface area contributed by atoms with Crippen molar-refractivity contribution >= 4 is 11.7 Å². The molecule has 0 aromatic heterocycles. The number of ether oxygens (including phenoxy) is 1. The van der Waals surface area contributed by atoms with Gasteiger partial charge >= 0.3 is 5.97 Å². The highest BCUT2D eigenvalue weighted by atomic mass is 19.1. The number of anilines is 1. The highest BCUT2D eigenvalue weighted by Crippen LogP contribution is 2.30. The van der Waals surface area contributed by atoms with Gasteiger partial charge in [-0.3, -0.25) is 4.79 Å². The molecule has 0 spiro atoms. The molecule has 1 heterocycles. The summed E-state index contributed by atoms with van der Waals surface area (Å²) in [6.07, 6.45) is 0. The molecule has 0 aliphatic carbocycles. The molecule has 0 radical (unpaired) electrons. The van der Waals surface area contributed by atoms with Gasteiger partial charge in [0.2, 0.25) is 0 Å². The van der Waals surface area contributed by atoms with Crippen LogP contribution in [0.4, 0.5) is 10.1 Å². The van der Waals surface area contributed by atoms with Crippen LogP contribution in [0.1, 0.15) is 12.5 Å². The van der Waals surface area contributed by atoms with Crippen LogP contribution < -0.4 is 4.90 Å². The zero-order chi connectivity index (χ0) is 14.0. The quantitative estimate of drug-likeness (QED) is 0.764. The number of methoxy groups -OCH3 is 1. The number of benzene rings is 1. The van der Waals surface area contributed by atoms with E-state index < -0.39 is 5.82 Å². The van der Waals surface area contributed by atoms with Crippen molar-refractivity contribution in [2.45, 2.75) is 6.92 Å². The molecule has 0 amide bonds. The lowest BCUT2D eigenvalue weighted by Crippen LogP contribution is -2.24. The summed E-state index contributed by atoms with van der Waals surface area (Å²) >= 11 is 0. The van der Waals surface area contributed by atoms with E-state index in [-0.39, 0.29) is 23.4 Å². The molecule has 1 aromatic carbocycles. The first kappa shape index (κ1) is 13.3. The van der Waals surface area contributed by atoms with Crippen LogP contribution in [0.25, 0.3) is 0 Å². The minimum Gasteiger partial charge on any atom is -0.469 e. The predicted molar refractivity (Wildman–Crippen MR) is 68.0 cm³/mol. The van der Waals surface area contributed by atoms with Gasteiger partial charge in [0.1, 0.15) is 5.82 Å². The maximum atomic E-state index is 13.9. The molecule has 1 aromatic rings. The highest BCUT2D eigenvalue weighted by molar-refractivity contribution is 5.74. The Hall–Kier alpha value is -2.09. The predicted octanol–water partition coefficient (Wildman–Crippen LogP) is 1.94. The lowest BCUT2D eigenvalue weighted by Gasteiger charge is -2.19. The first-order valence-electron chi connectivity index (χ1n) is 6.09. The van der Waals surface area contributed by atoms with Gasteiger partial charge in [0.25, 0.3) is 0 Å². The third-order valence-corrected chi connectivity index (χ3v) is 3.53. The zero-order valence-corrected chi connectivity index (χ0v) is 10.9. The van der Waals surface area contributed by atoms with Gasteiger partial charge in [-0.2, -0.15) is 5.26 Å². The lowest BCUT2D eigenvalue weighted by molar-refractivity contribution is -0.145. The smallest absolute Gasteiger partial charge is 0.310 e. The Morgan fingerprint density at radius 3 is 2.84 bits per heavy atom. The van der Waals surface area contributed by atoms with E-state index in [1.807, 2.05) is 17.9 Å². The Morgan fingerprint density at radius 2 is 2.26 bits per heavy atom. The van der Waals surface area contributed by atoms with Gasteiger partial charge in [-0.1, -0.05) is 6.92 Å². The molecule has 1 aliphatic heterocycles. The second-order valence-corrected chi connectivity index (χ2v) is 4.79. The van der Waals surface area contributed by atoms with E-state index in [1.54, 1.807) is 12.1 Å². The van der Waals surface area contributed by atoms with Crippen LogP contribution in [0, 0.1) is 29.0 Å². The molecule has 0 bridgehead atoms. The van der Waals surface area contributed by atoms with Crippen molar-refractivity contribution in [3.05, 3.63) is 29.6 Å². The van der Waals surface area contributed by atoms with Crippen molar-refractivity contribution in [2.75, 3.05) is 25.1 Å². The molecule has 0 saturated carbocycles. The van der Waals surface area contributed by atoms with Crippen LogP contribution in [-0.2, 0) is 9.53 Å². The van der Waals surface area contributed by atoms with E-state index in [4.69, 9.17) is 10.00 Å². The molecule has 100 valence electrons. The summed E-state index contributed by atoms with van der Waals surface area (Å²) in [7, 11) is 1.36. The summed E-state index contributed by atoms with van der Waals surface area (Å²) in [6, 6.07) is 6.27. The molecular weight excluding hydrogens is 247 g/mol. The molecule has 2 rings (SSSR count). The SMILES string of the molecule is COC(=O)C1CN(c2ccc(C#N)cc2F)CC1C. The molecule has 1 saturated heterocycles. The van der Waals surface area contributed by atoms with Crippen LogP contribution in [0.2, 0.25) is 0 Å². The zero-order valence-electron chi connectivity index (χ0n) is 10.9. The monoisotopic (exact) mass is 262 g/mol. The fourth-order valence-electron chi connectivity index (χ4n) is 2.45. The van der Waals surface area contributed by atoms with Crippen LogP contribution in [0.3, 0.4) is 0 Å². The Bertz CT molecular complexity index is 539. The van der Waals surface area contributed by atoms with Crippen LogP contribution in [-0.4, -0.2) is 26.2 Å². The van der Waals surface area contributed by atoms with Crippen molar-refractivity contribution in [3.63, 3.8) is 0 Å². The molecule has 19 heavy (non-hydrogen) atoms. The molecular formula is C14H15FN2O2. The van der Waals surface area contributed by atoms with Crippen LogP contribution >= 0.6 is 0 Å². The third-order valence-electron chi connectivity index (χ3n) is 3.53. The second-order valence-electron chi connectivity index (χ2n) is 4.79. The van der Waals surface area contributed by atoms with E-state index in [2.05, 4.69) is 0 Å². The maximum Gasteiger partial charge on any atom is 0.310 e.